The van der Waals surface area contributed by atoms with E-state index in [2.05, 4.69) is 23.8 Å². The third-order valence-electron chi connectivity index (χ3n) is 6.15. The third-order valence-corrected chi connectivity index (χ3v) is 6.15. The van der Waals surface area contributed by atoms with Crippen LogP contribution in [0.1, 0.15) is 45.7 Å². The lowest BCUT2D eigenvalue weighted by Gasteiger charge is -2.30. The molecule has 0 aliphatic carbocycles. The highest BCUT2D eigenvalue weighted by Crippen LogP contribution is 2.28. The van der Waals surface area contributed by atoms with Crippen LogP contribution in [-0.2, 0) is 20.7 Å². The maximum Gasteiger partial charge on any atom is 0.413 e. The molecule has 0 saturated heterocycles. The Hall–Kier alpha value is -5.38. The first-order chi connectivity index (χ1) is 20.2. The third kappa shape index (κ3) is 9.32. The lowest BCUT2D eigenvalue weighted by atomic mass is 9.87. The number of esters is 2. The van der Waals surface area contributed by atoms with E-state index in [1.54, 1.807) is 6.92 Å². The molecule has 0 heterocycles. The van der Waals surface area contributed by atoms with Crippen molar-refractivity contribution in [3.05, 3.63) is 109 Å². The zero-order valence-corrected chi connectivity index (χ0v) is 24.7. The molecule has 3 rings (SSSR count). The Bertz CT molecular complexity index is 1520. The van der Waals surface area contributed by atoms with Crippen molar-refractivity contribution in [3.8, 4) is 23.0 Å². The number of carbonyl (C=O) groups is 4. The Kier molecular flexibility index (Phi) is 10.1. The monoisotopic (exact) mass is 586 g/mol. The van der Waals surface area contributed by atoms with Crippen molar-refractivity contribution in [1.29, 1.82) is 0 Å². The van der Waals surface area contributed by atoms with E-state index in [9.17, 15) is 19.2 Å². The van der Waals surface area contributed by atoms with Gasteiger partial charge in [-0.05, 0) is 94.3 Å². The maximum absolute atomic E-state index is 12.7. The number of nitrogens with one attached hydrogen (secondary N) is 2. The second-order valence-corrected chi connectivity index (χ2v) is 10.6. The number of hydrogen-bond donors (Lipinski definition) is 2. The Balaban J connectivity index is 1.61. The zero-order valence-electron chi connectivity index (χ0n) is 24.7. The van der Waals surface area contributed by atoms with Crippen LogP contribution in [0.4, 0.5) is 9.59 Å². The summed E-state index contributed by atoms with van der Waals surface area (Å²) >= 11 is 0. The van der Waals surface area contributed by atoms with Gasteiger partial charge in [-0.25, -0.2) is 19.2 Å². The first-order valence-electron chi connectivity index (χ1n) is 13.2. The minimum atomic E-state index is -0.850. The van der Waals surface area contributed by atoms with E-state index in [0.29, 0.717) is 5.75 Å². The Morgan fingerprint density at radius 3 is 1.40 bits per heavy atom. The van der Waals surface area contributed by atoms with Crippen molar-refractivity contribution in [1.82, 2.24) is 10.6 Å². The highest BCUT2D eigenvalue weighted by molar-refractivity contribution is 5.88. The molecule has 3 aromatic rings. The lowest BCUT2D eigenvalue weighted by Crippen LogP contribution is -2.44. The van der Waals surface area contributed by atoms with Crippen molar-refractivity contribution < 1.29 is 38.1 Å². The van der Waals surface area contributed by atoms with E-state index in [-0.39, 0.29) is 22.8 Å². The van der Waals surface area contributed by atoms with Gasteiger partial charge in [-0.1, -0.05) is 37.4 Å². The molecule has 43 heavy (non-hydrogen) atoms. The van der Waals surface area contributed by atoms with Gasteiger partial charge in [-0.15, -0.1) is 0 Å². The first-order valence-corrected chi connectivity index (χ1v) is 13.2. The fourth-order valence-corrected chi connectivity index (χ4v) is 3.72. The summed E-state index contributed by atoms with van der Waals surface area (Å²) in [6.07, 6.45) is -0.327. The van der Waals surface area contributed by atoms with Crippen molar-refractivity contribution in [2.75, 3.05) is 0 Å². The smallest absolute Gasteiger partial charge is 0.413 e. The molecule has 0 bridgehead atoms. The largest absolute Gasteiger partial charge is 0.423 e. The summed E-state index contributed by atoms with van der Waals surface area (Å²) < 4.78 is 20.9. The van der Waals surface area contributed by atoms with Gasteiger partial charge in [0.25, 0.3) is 0 Å². The second kappa shape index (κ2) is 13.5. The molecule has 0 aromatic heterocycles. The predicted octanol–water partition coefficient (Wildman–Crippen LogP) is 6.31. The van der Waals surface area contributed by atoms with Gasteiger partial charge >= 0.3 is 24.1 Å². The van der Waals surface area contributed by atoms with Gasteiger partial charge in [0.2, 0.25) is 0 Å². The van der Waals surface area contributed by atoms with Gasteiger partial charge in [0, 0.05) is 11.6 Å². The fraction of sp³-hybridized carbons (Fsp3) is 0.212. The highest BCUT2D eigenvalue weighted by atomic mass is 16.6. The molecule has 0 spiro atoms. The predicted molar refractivity (Wildman–Crippen MR) is 160 cm³/mol. The molecule has 2 amide bonds. The fourth-order valence-electron chi connectivity index (χ4n) is 3.72. The van der Waals surface area contributed by atoms with Crippen molar-refractivity contribution in [2.24, 2.45) is 0 Å². The second-order valence-electron chi connectivity index (χ2n) is 10.6. The molecule has 10 nitrogen and oxygen atoms in total. The van der Waals surface area contributed by atoms with Crippen LogP contribution in [0.3, 0.4) is 0 Å². The summed E-state index contributed by atoms with van der Waals surface area (Å²) in [5, 5.41) is 5.69. The summed E-state index contributed by atoms with van der Waals surface area (Å²) in [7, 11) is 0. The van der Waals surface area contributed by atoms with E-state index in [4.69, 9.17) is 18.9 Å². The topological polar surface area (TPSA) is 129 Å². The molecule has 0 unspecified atom stereocenters. The normalized spacial score (nSPS) is 11.0. The van der Waals surface area contributed by atoms with Crippen LogP contribution in [0.25, 0.3) is 0 Å². The van der Waals surface area contributed by atoms with Crippen LogP contribution in [0, 0.1) is 0 Å². The summed E-state index contributed by atoms with van der Waals surface area (Å²) in [6.45, 7) is 15.7. The average Bonchev–Trinajstić information content (AvgIpc) is 2.94. The highest BCUT2D eigenvalue weighted by Gasteiger charge is 2.28. The summed E-state index contributed by atoms with van der Waals surface area (Å²) in [5.74, 6) is -0.0523. The van der Waals surface area contributed by atoms with E-state index < -0.39 is 35.2 Å². The van der Waals surface area contributed by atoms with Crippen molar-refractivity contribution >= 4 is 24.1 Å². The maximum atomic E-state index is 12.7. The number of rotatable bonds is 10. The molecule has 0 fully saturated rings. The standard InChI is InChI=1S/C33H34N2O8/c1-8-28(36)40-24-12-16-26(17-13-24)42-30(38)34-32(4,5)22-10-9-11-23(20-22)33(6,7)35-31(39)43-27-18-14-25(15-19-27)41-29(37)21(2)3/h8-20H,1-2H2,3-7H3,(H,34,38)(H,35,39). The van der Waals surface area contributed by atoms with Crippen molar-refractivity contribution in [2.45, 2.75) is 45.7 Å². The van der Waals surface area contributed by atoms with Gasteiger partial charge in [-0.3, -0.25) is 0 Å². The Morgan fingerprint density at radius 2 is 1.02 bits per heavy atom. The van der Waals surface area contributed by atoms with Gasteiger partial charge in [0.1, 0.15) is 23.0 Å². The van der Waals surface area contributed by atoms with Gasteiger partial charge in [-0.2, -0.15) is 0 Å². The van der Waals surface area contributed by atoms with Crippen LogP contribution in [0.2, 0.25) is 0 Å². The first kappa shape index (κ1) is 32.1. The molecular formula is C33H34N2O8. The van der Waals surface area contributed by atoms with E-state index in [1.807, 2.05) is 52.0 Å². The SMILES string of the molecule is C=CC(=O)Oc1ccc(OC(=O)NC(C)(C)c2cccc(C(C)(C)NC(=O)Oc3ccc(OC(=O)C(=C)C)cc3)c2)cc1. The number of hydrogen-bond acceptors (Lipinski definition) is 8. The van der Waals surface area contributed by atoms with Crippen LogP contribution in [0.5, 0.6) is 23.0 Å². The number of carbonyl (C=O) groups excluding carboxylic acids is 4. The van der Waals surface area contributed by atoms with Crippen LogP contribution >= 0.6 is 0 Å². The summed E-state index contributed by atoms with van der Waals surface area (Å²) in [6, 6.07) is 19.4. The molecule has 10 heteroatoms. The van der Waals surface area contributed by atoms with Gasteiger partial charge < -0.3 is 29.6 Å². The van der Waals surface area contributed by atoms with Crippen LogP contribution in [0.15, 0.2) is 97.6 Å². The Labute approximate surface area is 250 Å². The number of ether oxygens (including phenoxy) is 4. The summed E-state index contributed by atoms with van der Waals surface area (Å²) in [4.78, 5) is 48.4. The summed E-state index contributed by atoms with van der Waals surface area (Å²) in [5.41, 5.74) is 0.0895. The van der Waals surface area contributed by atoms with E-state index in [1.165, 1.54) is 48.5 Å². The van der Waals surface area contributed by atoms with Crippen LogP contribution in [-0.4, -0.2) is 24.1 Å². The van der Waals surface area contributed by atoms with Crippen molar-refractivity contribution in [3.63, 3.8) is 0 Å². The van der Waals surface area contributed by atoms with E-state index in [0.717, 1.165) is 17.2 Å². The Morgan fingerprint density at radius 1 is 0.651 bits per heavy atom. The molecule has 0 aliphatic rings. The minimum Gasteiger partial charge on any atom is -0.423 e. The molecule has 0 aliphatic heterocycles. The van der Waals surface area contributed by atoms with Gasteiger partial charge in [0.05, 0.1) is 11.1 Å². The zero-order chi connectivity index (χ0) is 31.8. The number of benzene rings is 3. The molecule has 224 valence electrons. The molecule has 0 saturated carbocycles. The number of amides is 2. The average molecular weight is 587 g/mol. The van der Waals surface area contributed by atoms with Gasteiger partial charge in [0.15, 0.2) is 0 Å². The quantitative estimate of drug-likeness (QED) is 0.161. The molecule has 2 N–H and O–H groups in total. The molecular weight excluding hydrogens is 552 g/mol. The molecule has 3 aromatic carbocycles. The van der Waals surface area contributed by atoms with Crippen LogP contribution < -0.4 is 29.6 Å². The van der Waals surface area contributed by atoms with E-state index >= 15 is 0 Å². The molecule has 0 radical (unpaired) electrons. The lowest BCUT2D eigenvalue weighted by molar-refractivity contribution is -0.130. The molecule has 0 atom stereocenters. The minimum absolute atomic E-state index is 0.256.